The van der Waals surface area contributed by atoms with Gasteiger partial charge in [-0.2, -0.15) is 30.6 Å². The number of halogens is 3. The summed E-state index contributed by atoms with van der Waals surface area (Å²) < 4.78 is 96.2. The molecule has 12 nitrogen and oxygen atoms in total. The maximum Gasteiger partial charge on any atom is 1.00 e. The van der Waals surface area contributed by atoms with Crippen LogP contribution < -0.4 is 75.5 Å². The van der Waals surface area contributed by atoms with Crippen LogP contribution in [0.5, 0.6) is 0 Å². The van der Waals surface area contributed by atoms with E-state index in [0.29, 0.717) is 6.07 Å². The van der Waals surface area contributed by atoms with Gasteiger partial charge in [-0.05, 0) is 30.7 Å². The molecule has 0 atom stereocenters. The molecule has 0 spiro atoms. The molecule has 4 aromatic rings. The van der Waals surface area contributed by atoms with Crippen molar-refractivity contribution in [3.05, 3.63) is 93.3 Å². The van der Waals surface area contributed by atoms with Gasteiger partial charge in [0.05, 0.1) is 33.1 Å². The number of nitrogens with two attached hydrogens (primary N) is 1. The van der Waals surface area contributed by atoms with Crippen molar-refractivity contribution < 1.29 is 106 Å². The fraction of sp³-hybridized carbons (Fsp3) is 0.0385. The molecule has 0 saturated carbocycles. The Bertz CT molecular complexity index is 2170. The minimum Gasteiger partial charge on any atom is -1.00 e. The number of aromatic nitrogens is 1. The van der Waals surface area contributed by atoms with Gasteiger partial charge < -0.3 is 19.2 Å². The number of fused-ring (bicyclic) bond motifs is 2. The van der Waals surface area contributed by atoms with Gasteiger partial charge in [0, 0.05) is 28.6 Å². The summed E-state index contributed by atoms with van der Waals surface area (Å²) in [7, 11) is -10.0. The molecule has 5 rings (SSSR count). The summed E-state index contributed by atoms with van der Waals surface area (Å²) in [5.41, 5.74) is 3.22. The molecular weight excluding hydrogens is 680 g/mol. The third-order valence-electron chi connectivity index (χ3n) is 6.58. The average molecular weight is 699 g/mol. The van der Waals surface area contributed by atoms with Crippen molar-refractivity contribution >= 4 is 71.8 Å². The number of rotatable bonds is 6. The second-order valence-corrected chi connectivity index (χ2v) is 12.4. The Labute approximate surface area is 306 Å². The van der Waals surface area contributed by atoms with Gasteiger partial charge in [-0.25, -0.2) is 0 Å². The van der Waals surface area contributed by atoms with Gasteiger partial charge in [-0.15, -0.1) is 0 Å². The van der Waals surface area contributed by atoms with Crippen LogP contribution >= 0.6 is 11.6 Å². The summed E-state index contributed by atoms with van der Waals surface area (Å²) in [5, 5.41) is 4.58. The first-order valence-corrected chi connectivity index (χ1v) is 15.0. The summed E-state index contributed by atoms with van der Waals surface area (Å²) in [4.78, 5) is 28.3. The van der Waals surface area contributed by atoms with E-state index in [1.807, 2.05) is 0 Å². The quantitative estimate of drug-likeness (QED) is 0.0620. The number of nitrogens with one attached hydrogen (secondary N) is 2. The summed E-state index contributed by atoms with van der Waals surface area (Å²) >= 11 is 5.88. The van der Waals surface area contributed by atoms with Crippen LogP contribution in [0.15, 0.2) is 58.3 Å². The van der Waals surface area contributed by atoms with Gasteiger partial charge in [0.2, 0.25) is 11.9 Å². The van der Waals surface area contributed by atoms with Crippen LogP contribution in [-0.2, 0) is 20.2 Å². The van der Waals surface area contributed by atoms with Crippen LogP contribution in [0, 0.1) is 18.8 Å². The van der Waals surface area contributed by atoms with Crippen LogP contribution in [0.1, 0.15) is 40.3 Å². The minimum absolute atomic E-state index is 0. The molecular formula is C26H19ClF2N4Na2O8S2. The molecule has 1 aromatic heterocycles. The van der Waals surface area contributed by atoms with E-state index in [2.05, 4.69) is 15.6 Å². The van der Waals surface area contributed by atoms with Gasteiger partial charge in [-0.1, -0.05) is 35.9 Å². The van der Waals surface area contributed by atoms with Gasteiger partial charge >= 0.3 is 59.1 Å². The normalized spacial score (nSPS) is 12.4. The summed E-state index contributed by atoms with van der Waals surface area (Å²) in [6, 6.07) is 8.97. The van der Waals surface area contributed by atoms with Crippen molar-refractivity contribution in [2.24, 2.45) is 0 Å². The first-order chi connectivity index (χ1) is 20.0. The fourth-order valence-corrected chi connectivity index (χ4v) is 5.88. The zero-order valence-electron chi connectivity index (χ0n) is 25.4. The molecule has 1 aliphatic carbocycles. The number of hydrogen-bond acceptors (Lipinski definition) is 10. The van der Waals surface area contributed by atoms with Crippen molar-refractivity contribution in [3.8, 4) is 0 Å². The summed E-state index contributed by atoms with van der Waals surface area (Å²) in [6.45, 7) is 1.38. The molecule has 3 aromatic carbocycles. The maximum atomic E-state index is 14.0. The Morgan fingerprint density at radius 3 is 1.84 bits per heavy atom. The Kier molecular flexibility index (Phi) is 11.0. The van der Waals surface area contributed by atoms with Crippen molar-refractivity contribution in [1.82, 2.24) is 4.98 Å². The summed E-state index contributed by atoms with van der Waals surface area (Å²) in [5.74, 6) is -4.21. The Balaban J connectivity index is 0.00000276. The zero-order valence-corrected chi connectivity index (χ0v) is 29.8. The van der Waals surface area contributed by atoms with Crippen LogP contribution in [0.2, 0.25) is 5.02 Å². The van der Waals surface area contributed by atoms with Crippen molar-refractivity contribution in [2.75, 3.05) is 16.4 Å². The van der Waals surface area contributed by atoms with Crippen LogP contribution in [0.3, 0.4) is 0 Å². The van der Waals surface area contributed by atoms with E-state index in [4.69, 9.17) is 17.3 Å². The molecule has 0 amide bonds. The molecule has 45 heavy (non-hydrogen) atoms. The van der Waals surface area contributed by atoms with Gasteiger partial charge in [0.25, 0.3) is 20.2 Å². The van der Waals surface area contributed by atoms with Crippen LogP contribution in [0.25, 0.3) is 0 Å². The van der Waals surface area contributed by atoms with Crippen molar-refractivity contribution in [2.45, 2.75) is 16.7 Å². The zero-order chi connectivity index (χ0) is 31.6. The number of benzene rings is 3. The Morgan fingerprint density at radius 2 is 1.33 bits per heavy atom. The number of carbonyl (C=O) groups excluding carboxylic acids is 2. The number of carbonyl (C=O) groups is 2. The summed E-state index contributed by atoms with van der Waals surface area (Å²) in [6.07, 6.45) is 0. The topological polar surface area (TPSA) is 206 Å². The number of anilines is 5. The van der Waals surface area contributed by atoms with E-state index in [0.717, 1.165) is 18.2 Å². The molecule has 6 N–H and O–H groups in total. The second-order valence-electron chi connectivity index (χ2n) is 9.23. The van der Waals surface area contributed by atoms with E-state index in [9.17, 15) is 44.3 Å². The average Bonchev–Trinajstić information content (AvgIpc) is 2.91. The number of hydrogen-bond donors (Lipinski definition) is 5. The van der Waals surface area contributed by atoms with Gasteiger partial charge in [0.15, 0.2) is 11.6 Å². The molecule has 0 bridgehead atoms. The Morgan fingerprint density at radius 1 is 0.822 bits per heavy atom. The van der Waals surface area contributed by atoms with E-state index in [-0.39, 0.29) is 107 Å². The van der Waals surface area contributed by atoms with Crippen molar-refractivity contribution in [1.29, 1.82) is 0 Å². The van der Waals surface area contributed by atoms with Crippen LogP contribution in [0.4, 0.5) is 37.2 Å². The second kappa shape index (κ2) is 13.3. The SMILES string of the molecule is Cc1c(Nc2cc(F)nc(F)c2Cl)cc(S(=O)(=O)O)cc1Nc1cc(S(=O)(=O)O)c(N)c2c1C(=O)c1ccccc1C2=O.[H-].[H-].[Na+].[Na+]. The number of ketones is 2. The van der Waals surface area contributed by atoms with Gasteiger partial charge in [-0.3, -0.25) is 18.7 Å². The largest absolute Gasteiger partial charge is 1.00 e. The molecule has 0 saturated heterocycles. The van der Waals surface area contributed by atoms with E-state index < -0.39 is 69.8 Å². The predicted octanol–water partition coefficient (Wildman–Crippen LogP) is -1.11. The monoisotopic (exact) mass is 698 g/mol. The smallest absolute Gasteiger partial charge is 1.00 e. The fourth-order valence-electron chi connectivity index (χ4n) is 4.55. The minimum atomic E-state index is -5.07. The molecule has 0 unspecified atom stereocenters. The molecule has 0 aliphatic heterocycles. The van der Waals surface area contributed by atoms with E-state index in [1.54, 1.807) is 0 Å². The number of nitrogen functional groups attached to an aromatic ring is 1. The van der Waals surface area contributed by atoms with E-state index >= 15 is 0 Å². The molecule has 1 heterocycles. The van der Waals surface area contributed by atoms with Crippen molar-refractivity contribution in [3.63, 3.8) is 0 Å². The maximum absolute atomic E-state index is 14.0. The third kappa shape index (κ3) is 6.96. The standard InChI is InChI=1S/C26H17ClF2N4O8S2.2Na.2H/c1-10-14(6-11(42(36,37)38)7-15(10)32-17-9-19(28)33-26(29)22(17)27)31-16-8-18(43(39,40)41)23(30)21-20(16)24(34)12-4-2-3-5-13(12)25(21)35;;;;/h2-9,31H,30H2,1H3,(H,32,33)(H,36,37,38)(H,39,40,41);;;;/q;2*+1;2*-1. The first-order valence-electron chi connectivity index (χ1n) is 11.8. The van der Waals surface area contributed by atoms with E-state index in [1.165, 1.54) is 31.2 Å². The molecule has 0 fully saturated rings. The molecule has 226 valence electrons. The first kappa shape index (κ1) is 37.0. The van der Waals surface area contributed by atoms with Gasteiger partial charge in [0.1, 0.15) is 9.92 Å². The third-order valence-corrected chi connectivity index (χ3v) is 8.67. The molecule has 19 heteroatoms. The number of nitrogens with zero attached hydrogens (tertiary/aromatic N) is 1. The molecule has 0 radical (unpaired) electrons. The number of pyridine rings is 1. The van der Waals surface area contributed by atoms with Crippen LogP contribution in [-0.4, -0.2) is 42.5 Å². The predicted molar refractivity (Wildman–Crippen MR) is 153 cm³/mol. The molecule has 1 aliphatic rings. The Hall–Kier alpha value is -2.48.